The molecule has 6 heteroatoms. The second-order valence-corrected chi connectivity index (χ2v) is 6.72. The summed E-state index contributed by atoms with van der Waals surface area (Å²) >= 11 is 1.65. The van der Waals surface area contributed by atoms with Crippen LogP contribution in [0.1, 0.15) is 4.88 Å². The van der Waals surface area contributed by atoms with E-state index in [1.807, 2.05) is 12.1 Å². The van der Waals surface area contributed by atoms with Gasteiger partial charge in [0.1, 0.15) is 22.8 Å². The first-order chi connectivity index (χ1) is 11.2. The molecule has 0 saturated carbocycles. The predicted molar refractivity (Wildman–Crippen MR) is 90.6 cm³/mol. The third-order valence-corrected chi connectivity index (χ3v) is 5.10. The van der Waals surface area contributed by atoms with Gasteiger partial charge >= 0.3 is 0 Å². The molecule has 3 aromatic rings. The maximum absolute atomic E-state index is 13.3. The summed E-state index contributed by atoms with van der Waals surface area (Å²) in [6.45, 7) is 5.14. The lowest BCUT2D eigenvalue weighted by atomic mass is 10.0. The van der Waals surface area contributed by atoms with Crippen LogP contribution in [0.15, 0.2) is 30.6 Å². The Balaban J connectivity index is 1.92. The van der Waals surface area contributed by atoms with E-state index in [-0.39, 0.29) is 5.82 Å². The van der Waals surface area contributed by atoms with Crippen molar-refractivity contribution in [3.8, 4) is 11.1 Å². The van der Waals surface area contributed by atoms with Gasteiger partial charge in [-0.2, -0.15) is 0 Å². The van der Waals surface area contributed by atoms with Crippen LogP contribution in [0.5, 0.6) is 0 Å². The smallest absolute Gasteiger partial charge is 0.141 e. The Bertz CT molecular complexity index is 841. The van der Waals surface area contributed by atoms with E-state index in [2.05, 4.69) is 21.8 Å². The molecule has 0 atom stereocenters. The van der Waals surface area contributed by atoms with Gasteiger partial charge in [0, 0.05) is 23.5 Å². The average Bonchev–Trinajstić information content (AvgIpc) is 2.92. The maximum Gasteiger partial charge on any atom is 0.141 e. The first kappa shape index (κ1) is 14.5. The minimum atomic E-state index is -0.226. The van der Waals surface area contributed by atoms with Crippen LogP contribution in [0.4, 0.5) is 10.2 Å². The van der Waals surface area contributed by atoms with Crippen LogP contribution in [0, 0.1) is 12.7 Å². The van der Waals surface area contributed by atoms with E-state index in [9.17, 15) is 4.39 Å². The fraction of sp³-hybridized carbons (Fsp3) is 0.294. The molecule has 118 valence electrons. The Kier molecular flexibility index (Phi) is 3.71. The van der Waals surface area contributed by atoms with Gasteiger partial charge in [0.15, 0.2) is 0 Å². The minimum Gasteiger partial charge on any atom is -0.378 e. The molecule has 2 aromatic heterocycles. The molecule has 1 saturated heterocycles. The molecule has 0 radical (unpaired) electrons. The van der Waals surface area contributed by atoms with Gasteiger partial charge < -0.3 is 9.64 Å². The Labute approximate surface area is 137 Å². The van der Waals surface area contributed by atoms with Crippen molar-refractivity contribution in [2.24, 2.45) is 0 Å². The van der Waals surface area contributed by atoms with Crippen molar-refractivity contribution in [2.75, 3.05) is 31.2 Å². The van der Waals surface area contributed by atoms with E-state index < -0.39 is 0 Å². The lowest BCUT2D eigenvalue weighted by Crippen LogP contribution is -2.36. The average molecular weight is 329 g/mol. The zero-order valence-electron chi connectivity index (χ0n) is 12.8. The van der Waals surface area contributed by atoms with Gasteiger partial charge in [0.05, 0.1) is 18.6 Å². The molecule has 1 aliphatic rings. The van der Waals surface area contributed by atoms with Crippen molar-refractivity contribution in [3.63, 3.8) is 0 Å². The molecule has 0 unspecified atom stereocenters. The molecule has 0 aliphatic carbocycles. The Hall–Kier alpha value is -2.05. The van der Waals surface area contributed by atoms with Crippen molar-refractivity contribution in [1.82, 2.24) is 9.97 Å². The predicted octanol–water partition coefficient (Wildman–Crippen LogP) is 3.64. The quantitative estimate of drug-likeness (QED) is 0.719. The normalized spacial score (nSPS) is 15.3. The van der Waals surface area contributed by atoms with Gasteiger partial charge in [-0.1, -0.05) is 12.1 Å². The molecule has 0 amide bonds. The van der Waals surface area contributed by atoms with Crippen LogP contribution in [-0.2, 0) is 4.74 Å². The molecule has 4 nitrogen and oxygen atoms in total. The number of ether oxygens (including phenoxy) is 1. The van der Waals surface area contributed by atoms with Gasteiger partial charge in [0.25, 0.3) is 0 Å². The number of morpholine rings is 1. The molecule has 23 heavy (non-hydrogen) atoms. The highest BCUT2D eigenvalue weighted by Crippen LogP contribution is 2.41. The molecule has 3 heterocycles. The molecule has 0 N–H and O–H groups in total. The van der Waals surface area contributed by atoms with Gasteiger partial charge in [-0.3, -0.25) is 0 Å². The van der Waals surface area contributed by atoms with Gasteiger partial charge in [-0.05, 0) is 24.6 Å². The van der Waals surface area contributed by atoms with Crippen molar-refractivity contribution in [2.45, 2.75) is 6.92 Å². The highest BCUT2D eigenvalue weighted by atomic mass is 32.1. The zero-order valence-corrected chi connectivity index (χ0v) is 13.6. The monoisotopic (exact) mass is 329 g/mol. The van der Waals surface area contributed by atoms with Crippen LogP contribution >= 0.6 is 11.3 Å². The second kappa shape index (κ2) is 5.86. The molecule has 1 aliphatic heterocycles. The number of benzene rings is 1. The molecular weight excluding hydrogens is 313 g/mol. The van der Waals surface area contributed by atoms with Crippen molar-refractivity contribution in [1.29, 1.82) is 0 Å². The van der Waals surface area contributed by atoms with Gasteiger partial charge in [-0.25, -0.2) is 14.4 Å². The zero-order chi connectivity index (χ0) is 15.8. The van der Waals surface area contributed by atoms with Crippen LogP contribution < -0.4 is 4.90 Å². The lowest BCUT2D eigenvalue weighted by molar-refractivity contribution is 0.122. The Morgan fingerprint density at radius 2 is 1.87 bits per heavy atom. The molecule has 0 bridgehead atoms. The van der Waals surface area contributed by atoms with Crippen molar-refractivity contribution in [3.05, 3.63) is 41.3 Å². The highest BCUT2D eigenvalue weighted by Gasteiger charge is 2.21. The van der Waals surface area contributed by atoms with Gasteiger partial charge in [0.2, 0.25) is 0 Å². The number of aromatic nitrogens is 2. The van der Waals surface area contributed by atoms with E-state index >= 15 is 0 Å². The summed E-state index contributed by atoms with van der Waals surface area (Å²) in [5, 5.41) is 1.06. The summed E-state index contributed by atoms with van der Waals surface area (Å²) in [4.78, 5) is 13.4. The number of aryl methyl sites for hydroxylation is 1. The molecule has 0 spiro atoms. The van der Waals surface area contributed by atoms with E-state index in [1.54, 1.807) is 17.7 Å². The summed E-state index contributed by atoms with van der Waals surface area (Å²) in [6.07, 6.45) is 1.62. The maximum atomic E-state index is 13.3. The van der Waals surface area contributed by atoms with E-state index in [0.717, 1.165) is 40.3 Å². The van der Waals surface area contributed by atoms with Crippen molar-refractivity contribution < 1.29 is 9.13 Å². The van der Waals surface area contributed by atoms with Crippen molar-refractivity contribution >= 4 is 27.4 Å². The van der Waals surface area contributed by atoms with Crippen LogP contribution in [-0.4, -0.2) is 36.3 Å². The third kappa shape index (κ3) is 2.58. The number of fused-ring (bicyclic) bond motifs is 1. The Morgan fingerprint density at radius 1 is 1.13 bits per heavy atom. The summed E-state index contributed by atoms with van der Waals surface area (Å²) in [5.41, 5.74) is 2.10. The number of hydrogen-bond donors (Lipinski definition) is 0. The number of hydrogen-bond acceptors (Lipinski definition) is 5. The Morgan fingerprint density at radius 3 is 2.61 bits per heavy atom. The van der Waals surface area contributed by atoms with Crippen LogP contribution in [0.25, 0.3) is 21.3 Å². The molecule has 1 aromatic carbocycles. The number of anilines is 1. The van der Waals surface area contributed by atoms with E-state index in [1.165, 1.54) is 17.0 Å². The largest absolute Gasteiger partial charge is 0.378 e. The number of halogens is 1. The van der Waals surface area contributed by atoms with Gasteiger partial charge in [-0.15, -0.1) is 11.3 Å². The lowest BCUT2D eigenvalue weighted by Gasteiger charge is -2.28. The SMILES string of the molecule is Cc1sc2ncnc(N3CCOCC3)c2c1-c1ccc(F)cc1. The standard InChI is InChI=1S/C17H16FN3OS/c1-11-14(12-2-4-13(18)5-3-12)15-16(19-10-20-17(15)23-11)21-6-8-22-9-7-21/h2-5,10H,6-9H2,1H3. The van der Waals surface area contributed by atoms with Crippen LogP contribution in [0.3, 0.4) is 0 Å². The summed E-state index contributed by atoms with van der Waals surface area (Å²) < 4.78 is 18.7. The number of thiophene rings is 1. The first-order valence-corrected chi connectivity index (χ1v) is 8.38. The topological polar surface area (TPSA) is 38.2 Å². The number of rotatable bonds is 2. The van der Waals surface area contributed by atoms with E-state index in [0.29, 0.717) is 13.2 Å². The molecular formula is C17H16FN3OS. The summed E-state index contributed by atoms with van der Waals surface area (Å²) in [6, 6.07) is 6.63. The molecule has 1 fully saturated rings. The first-order valence-electron chi connectivity index (χ1n) is 7.57. The fourth-order valence-corrected chi connectivity index (χ4v) is 4.02. The summed E-state index contributed by atoms with van der Waals surface area (Å²) in [7, 11) is 0. The molecule has 4 rings (SSSR count). The fourth-order valence-electron chi connectivity index (χ4n) is 3.01. The summed E-state index contributed by atoms with van der Waals surface area (Å²) in [5.74, 6) is 0.720. The van der Waals surface area contributed by atoms with E-state index in [4.69, 9.17) is 4.74 Å². The highest BCUT2D eigenvalue weighted by molar-refractivity contribution is 7.19. The number of nitrogens with zero attached hydrogens (tertiary/aromatic N) is 3. The van der Waals surface area contributed by atoms with Crippen LogP contribution in [0.2, 0.25) is 0 Å². The second-order valence-electron chi connectivity index (χ2n) is 5.52. The minimum absolute atomic E-state index is 0.226. The third-order valence-electron chi connectivity index (χ3n) is 4.09.